The third-order valence-electron chi connectivity index (χ3n) is 3.51. The molecule has 0 unspecified atom stereocenters. The molecular weight excluding hydrogens is 266 g/mol. The van der Waals surface area contributed by atoms with Crippen molar-refractivity contribution in [3.8, 4) is 10.6 Å². The van der Waals surface area contributed by atoms with Crippen LogP contribution in [0.5, 0.6) is 0 Å². The van der Waals surface area contributed by atoms with Crippen molar-refractivity contribution in [3.63, 3.8) is 0 Å². The van der Waals surface area contributed by atoms with E-state index in [2.05, 4.69) is 47.6 Å². The number of nitrogens with zero attached hydrogens (tertiary/aromatic N) is 2. The van der Waals surface area contributed by atoms with Gasteiger partial charge in [0.1, 0.15) is 10.0 Å². The lowest BCUT2D eigenvalue weighted by Crippen LogP contribution is -2.17. The first kappa shape index (κ1) is 13.7. The summed E-state index contributed by atoms with van der Waals surface area (Å²) in [5, 5.41) is 14.4. The maximum Gasteiger partial charge on any atom is 0.147 e. The quantitative estimate of drug-likeness (QED) is 0.826. The molecule has 1 aliphatic carbocycles. The smallest absolute Gasteiger partial charge is 0.147 e. The summed E-state index contributed by atoms with van der Waals surface area (Å²) in [4.78, 5) is 0. The number of nitrogens with one attached hydrogen (secondary N) is 1. The highest BCUT2D eigenvalue weighted by Crippen LogP contribution is 2.26. The van der Waals surface area contributed by atoms with Crippen LogP contribution in [0.4, 0.5) is 0 Å². The number of rotatable bonds is 6. The fourth-order valence-electron chi connectivity index (χ4n) is 2.40. The predicted molar refractivity (Wildman–Crippen MR) is 84.2 cm³/mol. The van der Waals surface area contributed by atoms with E-state index in [4.69, 9.17) is 0 Å². The summed E-state index contributed by atoms with van der Waals surface area (Å²) < 4.78 is 0. The number of hydrogen-bond acceptors (Lipinski definition) is 4. The Bertz CT molecular complexity index is 567. The molecule has 0 bridgehead atoms. The zero-order chi connectivity index (χ0) is 13.9. The van der Waals surface area contributed by atoms with Gasteiger partial charge in [-0.2, -0.15) is 0 Å². The van der Waals surface area contributed by atoms with E-state index in [1.807, 2.05) is 0 Å². The Morgan fingerprint density at radius 2 is 1.90 bits per heavy atom. The van der Waals surface area contributed by atoms with Crippen LogP contribution in [-0.2, 0) is 6.42 Å². The van der Waals surface area contributed by atoms with Crippen molar-refractivity contribution >= 4 is 11.3 Å². The van der Waals surface area contributed by atoms with Crippen LogP contribution < -0.4 is 5.32 Å². The van der Waals surface area contributed by atoms with Crippen molar-refractivity contribution in [2.75, 3.05) is 6.54 Å². The van der Waals surface area contributed by atoms with Crippen LogP contribution in [0.2, 0.25) is 0 Å². The highest BCUT2D eigenvalue weighted by Gasteiger charge is 2.19. The number of hydrogen-bond donors (Lipinski definition) is 1. The highest BCUT2D eigenvalue weighted by atomic mass is 32.1. The van der Waals surface area contributed by atoms with E-state index in [0.717, 1.165) is 35.4 Å². The van der Waals surface area contributed by atoms with Crippen LogP contribution in [0, 0.1) is 13.8 Å². The number of aryl methyl sites for hydroxylation is 3. The monoisotopic (exact) mass is 287 g/mol. The van der Waals surface area contributed by atoms with Gasteiger partial charge in [-0.25, -0.2) is 0 Å². The summed E-state index contributed by atoms with van der Waals surface area (Å²) in [6.07, 6.45) is 4.89. The first-order valence-electron chi connectivity index (χ1n) is 7.35. The molecule has 106 valence electrons. The Balaban J connectivity index is 1.60. The average Bonchev–Trinajstić information content (AvgIpc) is 3.10. The van der Waals surface area contributed by atoms with Crippen LogP contribution in [-0.4, -0.2) is 22.8 Å². The second-order valence-corrected chi connectivity index (χ2v) is 6.77. The molecule has 3 nitrogen and oxygen atoms in total. The Morgan fingerprint density at radius 1 is 1.15 bits per heavy atom. The molecule has 0 aliphatic heterocycles. The molecule has 0 spiro atoms. The van der Waals surface area contributed by atoms with Crippen LogP contribution in [0.15, 0.2) is 18.2 Å². The molecule has 0 radical (unpaired) electrons. The van der Waals surface area contributed by atoms with E-state index < -0.39 is 0 Å². The lowest BCUT2D eigenvalue weighted by molar-refractivity contribution is 0.643. The Labute approximate surface area is 124 Å². The molecule has 0 saturated heterocycles. The average molecular weight is 287 g/mol. The molecule has 0 atom stereocenters. The van der Waals surface area contributed by atoms with Gasteiger partial charge in [0, 0.05) is 18.0 Å². The van der Waals surface area contributed by atoms with E-state index in [1.54, 1.807) is 11.3 Å². The molecule has 1 aromatic carbocycles. The summed E-state index contributed by atoms with van der Waals surface area (Å²) in [7, 11) is 0. The van der Waals surface area contributed by atoms with E-state index >= 15 is 0 Å². The minimum absolute atomic E-state index is 0.801. The maximum atomic E-state index is 4.34. The molecule has 4 heteroatoms. The van der Waals surface area contributed by atoms with Gasteiger partial charge >= 0.3 is 0 Å². The van der Waals surface area contributed by atoms with E-state index in [1.165, 1.54) is 29.5 Å². The molecular formula is C16H21N3S. The lowest BCUT2D eigenvalue weighted by atomic mass is 10.1. The third kappa shape index (κ3) is 3.64. The highest BCUT2D eigenvalue weighted by molar-refractivity contribution is 7.14. The van der Waals surface area contributed by atoms with Crippen molar-refractivity contribution in [1.29, 1.82) is 0 Å². The zero-order valence-electron chi connectivity index (χ0n) is 12.1. The van der Waals surface area contributed by atoms with Gasteiger partial charge < -0.3 is 5.32 Å². The van der Waals surface area contributed by atoms with Gasteiger partial charge in [-0.05, 0) is 51.8 Å². The van der Waals surface area contributed by atoms with Crippen LogP contribution in [0.3, 0.4) is 0 Å². The predicted octanol–water partition coefficient (Wildman–Crippen LogP) is 3.51. The fraction of sp³-hybridized carbons (Fsp3) is 0.500. The Morgan fingerprint density at radius 3 is 2.60 bits per heavy atom. The minimum atomic E-state index is 0.801. The molecule has 1 heterocycles. The lowest BCUT2D eigenvalue weighted by Gasteiger charge is -2.01. The van der Waals surface area contributed by atoms with Crippen molar-refractivity contribution in [1.82, 2.24) is 15.5 Å². The summed E-state index contributed by atoms with van der Waals surface area (Å²) in [6, 6.07) is 7.36. The molecule has 1 aliphatic rings. The molecule has 1 fully saturated rings. The van der Waals surface area contributed by atoms with Crippen molar-refractivity contribution in [2.24, 2.45) is 0 Å². The van der Waals surface area contributed by atoms with Gasteiger partial charge in [-0.3, -0.25) is 0 Å². The summed E-state index contributed by atoms with van der Waals surface area (Å²) in [6.45, 7) is 5.35. The topological polar surface area (TPSA) is 37.8 Å². The zero-order valence-corrected chi connectivity index (χ0v) is 13.0. The van der Waals surface area contributed by atoms with Crippen LogP contribution in [0.25, 0.3) is 10.6 Å². The first-order valence-corrected chi connectivity index (χ1v) is 8.17. The van der Waals surface area contributed by atoms with E-state index in [9.17, 15) is 0 Å². The fourth-order valence-corrected chi connectivity index (χ4v) is 3.27. The van der Waals surface area contributed by atoms with Crippen molar-refractivity contribution in [2.45, 2.75) is 45.6 Å². The molecule has 1 saturated carbocycles. The molecule has 1 N–H and O–H groups in total. The summed E-state index contributed by atoms with van der Waals surface area (Å²) in [5.41, 5.74) is 3.76. The van der Waals surface area contributed by atoms with Gasteiger partial charge in [-0.1, -0.05) is 28.5 Å². The standard InChI is InChI=1S/C16H21N3S/c1-11-8-12(2)10-13(9-11)16-19-18-15(20-16)4-3-7-17-14-5-6-14/h8-10,14,17H,3-7H2,1-2H3. The Kier molecular flexibility index (Phi) is 4.13. The normalized spacial score (nSPS) is 14.7. The molecule has 3 rings (SSSR count). The number of benzene rings is 1. The maximum absolute atomic E-state index is 4.34. The summed E-state index contributed by atoms with van der Waals surface area (Å²) in [5.74, 6) is 0. The first-order chi connectivity index (χ1) is 9.70. The molecule has 20 heavy (non-hydrogen) atoms. The van der Waals surface area contributed by atoms with Crippen LogP contribution in [0.1, 0.15) is 35.4 Å². The molecule has 0 amide bonds. The van der Waals surface area contributed by atoms with Gasteiger partial charge in [0.05, 0.1) is 0 Å². The summed E-state index contributed by atoms with van der Waals surface area (Å²) >= 11 is 1.73. The van der Waals surface area contributed by atoms with Gasteiger partial charge in [0.25, 0.3) is 0 Å². The van der Waals surface area contributed by atoms with E-state index in [0.29, 0.717) is 0 Å². The van der Waals surface area contributed by atoms with Crippen molar-refractivity contribution in [3.05, 3.63) is 34.3 Å². The molecule has 1 aromatic heterocycles. The molecule has 2 aromatic rings. The largest absolute Gasteiger partial charge is 0.314 e. The number of aromatic nitrogens is 2. The third-order valence-corrected chi connectivity index (χ3v) is 4.55. The van der Waals surface area contributed by atoms with Crippen molar-refractivity contribution < 1.29 is 0 Å². The van der Waals surface area contributed by atoms with Gasteiger partial charge in [0.2, 0.25) is 0 Å². The minimum Gasteiger partial charge on any atom is -0.314 e. The van der Waals surface area contributed by atoms with Crippen LogP contribution >= 0.6 is 11.3 Å². The van der Waals surface area contributed by atoms with E-state index in [-0.39, 0.29) is 0 Å². The van der Waals surface area contributed by atoms with Gasteiger partial charge in [-0.15, -0.1) is 10.2 Å². The Hall–Kier alpha value is -1.26. The second kappa shape index (κ2) is 6.02. The SMILES string of the molecule is Cc1cc(C)cc(-c2nnc(CCCNC3CC3)s2)c1. The van der Waals surface area contributed by atoms with Gasteiger partial charge in [0.15, 0.2) is 0 Å². The second-order valence-electron chi connectivity index (χ2n) is 5.71.